The maximum Gasteiger partial charge on any atom is 0.220 e. The van der Waals surface area contributed by atoms with Crippen LogP contribution in [0.4, 0.5) is 0 Å². The van der Waals surface area contributed by atoms with Crippen LogP contribution in [0.3, 0.4) is 0 Å². The molecule has 3 nitrogen and oxygen atoms in total. The Morgan fingerprint density at radius 3 is 2.73 bits per heavy atom. The second-order valence-corrected chi connectivity index (χ2v) is 3.39. The number of hydrogen-bond donors (Lipinski definition) is 2. The summed E-state index contributed by atoms with van der Waals surface area (Å²) in [6.07, 6.45) is 3.64. The van der Waals surface area contributed by atoms with Crippen molar-refractivity contribution in [1.29, 1.82) is 0 Å². The predicted molar refractivity (Wildman–Crippen MR) is 44.1 cm³/mol. The van der Waals surface area contributed by atoms with Gasteiger partial charge in [-0.15, -0.1) is 0 Å². The highest BCUT2D eigenvalue weighted by molar-refractivity contribution is 5.75. The minimum absolute atomic E-state index is 0.0522. The molecule has 0 spiro atoms. The molecule has 3 N–H and O–H groups in total. The van der Waals surface area contributed by atoms with Crippen LogP contribution in [-0.4, -0.2) is 18.0 Å². The van der Waals surface area contributed by atoms with Crippen molar-refractivity contribution in [2.45, 2.75) is 38.1 Å². The monoisotopic (exact) mass is 156 g/mol. The van der Waals surface area contributed by atoms with Gasteiger partial charge in [-0.25, -0.2) is 0 Å². The molecule has 1 saturated carbocycles. The first-order valence-electron chi connectivity index (χ1n) is 4.22. The zero-order valence-electron chi connectivity index (χ0n) is 7.02. The molecule has 1 aliphatic rings. The fraction of sp³-hybridized carbons (Fsp3) is 0.875. The molecule has 1 fully saturated rings. The zero-order valence-corrected chi connectivity index (χ0v) is 7.02. The van der Waals surface area contributed by atoms with Gasteiger partial charge in [0.2, 0.25) is 5.91 Å². The van der Waals surface area contributed by atoms with E-state index in [4.69, 9.17) is 5.73 Å². The van der Waals surface area contributed by atoms with Crippen LogP contribution in [0.1, 0.15) is 32.6 Å². The molecule has 0 unspecified atom stereocenters. The molecule has 0 radical (unpaired) electrons. The first kappa shape index (κ1) is 8.53. The molecule has 3 heteroatoms. The summed E-state index contributed by atoms with van der Waals surface area (Å²) < 4.78 is 0. The van der Waals surface area contributed by atoms with Crippen LogP contribution >= 0.6 is 0 Å². The average molecular weight is 156 g/mol. The Morgan fingerprint density at radius 1 is 1.64 bits per heavy atom. The van der Waals surface area contributed by atoms with Gasteiger partial charge >= 0.3 is 0 Å². The highest BCUT2D eigenvalue weighted by atomic mass is 16.1. The summed E-state index contributed by atoms with van der Waals surface area (Å²) in [5, 5.41) is 2.82. The highest BCUT2D eigenvalue weighted by Gasteiger charge is 2.37. The van der Waals surface area contributed by atoms with E-state index in [1.54, 1.807) is 0 Å². The van der Waals surface area contributed by atoms with E-state index in [0.29, 0.717) is 13.0 Å². The molecule has 0 aromatic carbocycles. The Bertz CT molecular complexity index is 152. The van der Waals surface area contributed by atoms with Gasteiger partial charge in [0.05, 0.1) is 0 Å². The molecule has 1 rings (SSSR count). The van der Waals surface area contributed by atoms with E-state index in [1.165, 1.54) is 0 Å². The van der Waals surface area contributed by atoms with Crippen molar-refractivity contribution in [3.05, 3.63) is 0 Å². The average Bonchev–Trinajstić information content (AvgIpc) is 2.66. The van der Waals surface area contributed by atoms with Crippen molar-refractivity contribution in [2.24, 2.45) is 5.73 Å². The third-order valence-corrected chi connectivity index (χ3v) is 2.01. The normalized spacial score (nSPS) is 19.5. The Kier molecular flexibility index (Phi) is 2.49. The van der Waals surface area contributed by atoms with Crippen molar-refractivity contribution in [3.8, 4) is 0 Å². The zero-order chi connectivity index (χ0) is 8.32. The lowest BCUT2D eigenvalue weighted by Crippen LogP contribution is -2.38. The fourth-order valence-electron chi connectivity index (χ4n) is 0.927. The van der Waals surface area contributed by atoms with Crippen LogP contribution in [0, 0.1) is 0 Å². The maximum atomic E-state index is 11.0. The van der Waals surface area contributed by atoms with Gasteiger partial charge in [-0.3, -0.25) is 4.79 Å². The van der Waals surface area contributed by atoms with Gasteiger partial charge in [0.15, 0.2) is 0 Å². The molecular weight excluding hydrogens is 140 g/mol. The van der Waals surface area contributed by atoms with Crippen LogP contribution in [0.15, 0.2) is 0 Å². The van der Waals surface area contributed by atoms with Crippen LogP contribution in [0.5, 0.6) is 0 Å². The highest BCUT2D eigenvalue weighted by Crippen LogP contribution is 2.30. The van der Waals surface area contributed by atoms with Gasteiger partial charge < -0.3 is 11.1 Å². The summed E-state index contributed by atoms with van der Waals surface area (Å²) in [7, 11) is 0. The summed E-state index contributed by atoms with van der Waals surface area (Å²) in [6, 6.07) is 0. The smallest absolute Gasteiger partial charge is 0.220 e. The third kappa shape index (κ3) is 2.89. The van der Waals surface area contributed by atoms with Crippen molar-refractivity contribution in [1.82, 2.24) is 5.32 Å². The summed E-state index contributed by atoms with van der Waals surface area (Å²) >= 11 is 0. The van der Waals surface area contributed by atoms with Gasteiger partial charge in [-0.05, 0) is 19.3 Å². The lowest BCUT2D eigenvalue weighted by Gasteiger charge is -2.09. The van der Waals surface area contributed by atoms with E-state index < -0.39 is 0 Å². The minimum atomic E-state index is -0.0522. The largest absolute Gasteiger partial charge is 0.354 e. The molecule has 0 aromatic rings. The topological polar surface area (TPSA) is 55.1 Å². The summed E-state index contributed by atoms with van der Waals surface area (Å²) in [5.41, 5.74) is 5.72. The fourth-order valence-corrected chi connectivity index (χ4v) is 0.927. The Balaban J connectivity index is 2.06. The van der Waals surface area contributed by atoms with Crippen molar-refractivity contribution in [3.63, 3.8) is 0 Å². The summed E-state index contributed by atoms with van der Waals surface area (Å²) in [4.78, 5) is 11.0. The van der Waals surface area contributed by atoms with Gasteiger partial charge in [-0.2, -0.15) is 0 Å². The molecule has 1 aliphatic carbocycles. The number of hydrogen-bond acceptors (Lipinski definition) is 2. The number of carbonyl (C=O) groups excluding carboxylic acids is 1. The molecule has 0 aromatic heterocycles. The molecule has 64 valence electrons. The number of rotatable bonds is 4. The molecule has 11 heavy (non-hydrogen) atoms. The Labute approximate surface area is 67.3 Å². The van der Waals surface area contributed by atoms with Gasteiger partial charge in [-0.1, -0.05) is 6.92 Å². The third-order valence-electron chi connectivity index (χ3n) is 2.01. The molecule has 0 heterocycles. The van der Waals surface area contributed by atoms with Crippen LogP contribution in [0.25, 0.3) is 0 Å². The number of amides is 1. The van der Waals surface area contributed by atoms with Crippen molar-refractivity contribution in [2.75, 3.05) is 6.54 Å². The van der Waals surface area contributed by atoms with E-state index in [1.807, 2.05) is 6.92 Å². The van der Waals surface area contributed by atoms with E-state index in [9.17, 15) is 4.79 Å². The van der Waals surface area contributed by atoms with Gasteiger partial charge in [0.1, 0.15) is 0 Å². The van der Waals surface area contributed by atoms with Gasteiger partial charge in [0.25, 0.3) is 0 Å². The quantitative estimate of drug-likeness (QED) is 0.618. The predicted octanol–water partition coefficient (Wildman–Crippen LogP) is 0.394. The lowest BCUT2D eigenvalue weighted by atomic mass is 10.2. The molecule has 0 aliphatic heterocycles. The minimum Gasteiger partial charge on any atom is -0.354 e. The Hall–Kier alpha value is -0.570. The van der Waals surface area contributed by atoms with E-state index in [2.05, 4.69) is 5.32 Å². The van der Waals surface area contributed by atoms with Crippen LogP contribution in [0.2, 0.25) is 0 Å². The van der Waals surface area contributed by atoms with Crippen molar-refractivity contribution >= 4 is 5.91 Å². The molecule has 0 atom stereocenters. The summed E-state index contributed by atoms with van der Waals surface area (Å²) in [5.74, 6) is 0.129. The Morgan fingerprint density at radius 2 is 2.27 bits per heavy atom. The molecule has 0 bridgehead atoms. The standard InChI is InChI=1S/C8H16N2O/c1-2-3-7(11)10-6-8(9)4-5-8/h2-6,9H2,1H3,(H,10,11). The number of carbonyl (C=O) groups is 1. The molecule has 1 amide bonds. The van der Waals surface area contributed by atoms with Crippen LogP contribution < -0.4 is 11.1 Å². The maximum absolute atomic E-state index is 11.0. The SMILES string of the molecule is CCCC(=O)NCC1(N)CC1. The van der Waals surface area contributed by atoms with Crippen molar-refractivity contribution < 1.29 is 4.79 Å². The number of nitrogens with two attached hydrogens (primary N) is 1. The van der Waals surface area contributed by atoms with Gasteiger partial charge in [0, 0.05) is 18.5 Å². The second-order valence-electron chi connectivity index (χ2n) is 3.39. The van der Waals surface area contributed by atoms with Crippen LogP contribution in [-0.2, 0) is 4.79 Å². The lowest BCUT2D eigenvalue weighted by molar-refractivity contribution is -0.121. The number of nitrogens with one attached hydrogen (secondary N) is 1. The molecule has 0 saturated heterocycles. The molecular formula is C8H16N2O. The first-order valence-corrected chi connectivity index (χ1v) is 4.22. The van der Waals surface area contributed by atoms with E-state index in [-0.39, 0.29) is 11.4 Å². The van der Waals surface area contributed by atoms with E-state index in [0.717, 1.165) is 19.3 Å². The van der Waals surface area contributed by atoms with E-state index >= 15 is 0 Å². The second kappa shape index (κ2) is 3.22. The first-order chi connectivity index (χ1) is 5.16. The summed E-state index contributed by atoms with van der Waals surface area (Å²) in [6.45, 7) is 2.65.